The lowest BCUT2D eigenvalue weighted by molar-refractivity contribution is -0.143. The number of carbonyl (C=O) groups is 2. The number of nitrogens with zero attached hydrogens (tertiary/aromatic N) is 3. The second kappa shape index (κ2) is 9.95. The van der Waals surface area contributed by atoms with Gasteiger partial charge >= 0.3 is 0 Å². The van der Waals surface area contributed by atoms with Gasteiger partial charge in [0, 0.05) is 16.8 Å². The molecule has 0 bridgehead atoms. The summed E-state index contributed by atoms with van der Waals surface area (Å²) in [5, 5.41) is 10.8. The van der Waals surface area contributed by atoms with Crippen LogP contribution in [0.1, 0.15) is 26.4 Å². The van der Waals surface area contributed by atoms with Gasteiger partial charge in [-0.1, -0.05) is 11.8 Å². The number of aryl methyl sites for hydroxylation is 1. The summed E-state index contributed by atoms with van der Waals surface area (Å²) in [6, 6.07) is 8.96. The van der Waals surface area contributed by atoms with E-state index in [4.69, 9.17) is 9.47 Å². The molecule has 1 aliphatic rings. The van der Waals surface area contributed by atoms with Crippen LogP contribution in [0.4, 0.5) is 0 Å². The molecule has 1 aromatic carbocycles. The van der Waals surface area contributed by atoms with Gasteiger partial charge in [-0.15, -0.1) is 11.3 Å². The van der Waals surface area contributed by atoms with Crippen molar-refractivity contribution in [3.05, 3.63) is 45.9 Å². The standard InChI is InChI=1S/C22H23N3O5S2/c1-13-23-16-4-3-14(29-2)9-15(16)22(24-13)31-12-18(27)20-6-5-19(32-20)17-11-30-8-7-25(17)21(28)10-26/h3-6,9,17,26H,7-8,10-12H2,1-2H3. The van der Waals surface area contributed by atoms with E-state index in [1.165, 1.54) is 23.1 Å². The first-order valence-electron chi connectivity index (χ1n) is 10.1. The normalized spacial score (nSPS) is 16.3. The molecular formula is C22H23N3O5S2. The summed E-state index contributed by atoms with van der Waals surface area (Å²) in [4.78, 5) is 37.0. The minimum absolute atomic E-state index is 0.0182. The minimum Gasteiger partial charge on any atom is -0.497 e. The van der Waals surface area contributed by atoms with E-state index in [0.29, 0.717) is 36.2 Å². The molecule has 2 aromatic heterocycles. The molecule has 8 nitrogen and oxygen atoms in total. The summed E-state index contributed by atoms with van der Waals surface area (Å²) in [7, 11) is 1.60. The third kappa shape index (κ3) is 4.78. The number of ketones is 1. The van der Waals surface area contributed by atoms with Crippen LogP contribution < -0.4 is 4.74 Å². The van der Waals surface area contributed by atoms with E-state index >= 15 is 0 Å². The van der Waals surface area contributed by atoms with E-state index in [1.54, 1.807) is 18.1 Å². The third-order valence-electron chi connectivity index (χ3n) is 5.13. The van der Waals surface area contributed by atoms with Crippen molar-refractivity contribution in [2.45, 2.75) is 18.0 Å². The molecule has 1 saturated heterocycles. The molecule has 3 heterocycles. The Kier molecular flexibility index (Phi) is 7.04. The van der Waals surface area contributed by atoms with Crippen LogP contribution in [0.15, 0.2) is 35.4 Å². The van der Waals surface area contributed by atoms with E-state index in [-0.39, 0.29) is 23.5 Å². The Hall–Kier alpha value is -2.53. The number of carbonyl (C=O) groups excluding carboxylic acids is 2. The number of ether oxygens (including phenoxy) is 2. The second-order valence-electron chi connectivity index (χ2n) is 7.21. The van der Waals surface area contributed by atoms with Gasteiger partial charge in [-0.05, 0) is 37.3 Å². The van der Waals surface area contributed by atoms with E-state index in [0.717, 1.165) is 20.8 Å². The maximum absolute atomic E-state index is 12.9. The number of aliphatic hydroxyl groups is 1. The molecule has 0 aliphatic carbocycles. The number of aliphatic hydroxyl groups excluding tert-OH is 1. The molecule has 1 aliphatic heterocycles. The SMILES string of the molecule is COc1ccc2nc(C)nc(SCC(=O)c3ccc(C4COCCN4C(=O)CO)s3)c2c1. The summed E-state index contributed by atoms with van der Waals surface area (Å²) >= 11 is 2.72. The largest absolute Gasteiger partial charge is 0.497 e. The average molecular weight is 474 g/mol. The van der Waals surface area contributed by atoms with Crippen molar-refractivity contribution in [2.75, 3.05) is 39.2 Å². The summed E-state index contributed by atoms with van der Waals surface area (Å²) in [6.45, 7) is 2.49. The molecule has 1 fully saturated rings. The predicted octanol–water partition coefficient (Wildman–Crippen LogP) is 2.88. The topological polar surface area (TPSA) is 102 Å². The monoisotopic (exact) mass is 473 g/mol. The number of thiophene rings is 1. The van der Waals surface area contributed by atoms with Gasteiger partial charge in [0.15, 0.2) is 5.78 Å². The van der Waals surface area contributed by atoms with Crippen molar-refractivity contribution in [3.63, 3.8) is 0 Å². The molecule has 4 rings (SSSR count). The van der Waals surface area contributed by atoms with Crippen LogP contribution in [0.25, 0.3) is 10.9 Å². The highest BCUT2D eigenvalue weighted by Crippen LogP contribution is 2.33. The zero-order valence-electron chi connectivity index (χ0n) is 17.7. The van der Waals surface area contributed by atoms with Crippen molar-refractivity contribution < 1.29 is 24.2 Å². The van der Waals surface area contributed by atoms with Gasteiger partial charge in [-0.3, -0.25) is 9.59 Å². The first kappa shape index (κ1) is 22.7. The number of amides is 1. The fourth-order valence-corrected chi connectivity index (χ4v) is 5.62. The Bertz CT molecular complexity index is 1150. The van der Waals surface area contributed by atoms with Gasteiger partial charge in [0.25, 0.3) is 0 Å². The fourth-order valence-electron chi connectivity index (χ4n) is 3.54. The highest BCUT2D eigenvalue weighted by molar-refractivity contribution is 8.00. The van der Waals surface area contributed by atoms with Crippen LogP contribution in [-0.2, 0) is 9.53 Å². The molecule has 0 saturated carbocycles. The smallest absolute Gasteiger partial charge is 0.248 e. The summed E-state index contributed by atoms with van der Waals surface area (Å²) in [6.07, 6.45) is 0. The van der Waals surface area contributed by atoms with E-state index in [9.17, 15) is 14.7 Å². The van der Waals surface area contributed by atoms with Gasteiger partial charge in [0.05, 0.1) is 42.5 Å². The fraction of sp³-hybridized carbons (Fsp3) is 0.364. The highest BCUT2D eigenvalue weighted by atomic mass is 32.2. The number of methoxy groups -OCH3 is 1. The Morgan fingerprint density at radius 3 is 2.94 bits per heavy atom. The highest BCUT2D eigenvalue weighted by Gasteiger charge is 2.29. The number of benzene rings is 1. The molecule has 0 radical (unpaired) electrons. The van der Waals surface area contributed by atoms with Crippen molar-refractivity contribution >= 4 is 45.7 Å². The van der Waals surface area contributed by atoms with Gasteiger partial charge < -0.3 is 19.5 Å². The molecule has 1 amide bonds. The first-order chi connectivity index (χ1) is 15.5. The summed E-state index contributed by atoms with van der Waals surface area (Å²) in [5.74, 6) is 1.22. The number of hydrogen-bond donors (Lipinski definition) is 1. The van der Waals surface area contributed by atoms with E-state index in [2.05, 4.69) is 9.97 Å². The maximum atomic E-state index is 12.9. The third-order valence-corrected chi connectivity index (χ3v) is 7.35. The minimum atomic E-state index is -0.540. The van der Waals surface area contributed by atoms with E-state index < -0.39 is 6.61 Å². The van der Waals surface area contributed by atoms with Crippen molar-refractivity contribution in [1.29, 1.82) is 0 Å². The maximum Gasteiger partial charge on any atom is 0.248 e. The first-order valence-corrected chi connectivity index (χ1v) is 11.9. The van der Waals surface area contributed by atoms with Crippen molar-refractivity contribution in [2.24, 2.45) is 0 Å². The number of morpholine rings is 1. The number of hydrogen-bond acceptors (Lipinski definition) is 9. The molecular weight excluding hydrogens is 450 g/mol. The molecule has 1 unspecified atom stereocenters. The number of thioether (sulfide) groups is 1. The number of aromatic nitrogens is 2. The summed E-state index contributed by atoms with van der Waals surface area (Å²) < 4.78 is 10.8. The second-order valence-corrected chi connectivity index (χ2v) is 9.29. The number of Topliss-reactive ketones (excluding diaryl/α,β-unsaturated/α-hetero) is 1. The molecule has 32 heavy (non-hydrogen) atoms. The molecule has 10 heteroatoms. The van der Waals surface area contributed by atoms with Crippen molar-refractivity contribution in [1.82, 2.24) is 14.9 Å². The van der Waals surface area contributed by atoms with Crippen LogP contribution >= 0.6 is 23.1 Å². The Labute approximate surface area is 193 Å². The molecule has 1 atom stereocenters. The van der Waals surface area contributed by atoms with Crippen LogP contribution in [-0.4, -0.2) is 70.9 Å². The van der Waals surface area contributed by atoms with Crippen molar-refractivity contribution in [3.8, 4) is 5.75 Å². The zero-order valence-corrected chi connectivity index (χ0v) is 19.4. The van der Waals surface area contributed by atoms with E-state index in [1.807, 2.05) is 31.2 Å². The number of rotatable bonds is 7. The van der Waals surface area contributed by atoms with Gasteiger partial charge in [0.2, 0.25) is 5.91 Å². The Morgan fingerprint density at radius 2 is 2.16 bits per heavy atom. The zero-order chi connectivity index (χ0) is 22.7. The van der Waals surface area contributed by atoms with Gasteiger partial charge in [0.1, 0.15) is 23.2 Å². The number of fused-ring (bicyclic) bond motifs is 1. The average Bonchev–Trinajstić information content (AvgIpc) is 3.31. The predicted molar refractivity (Wildman–Crippen MR) is 123 cm³/mol. The van der Waals surface area contributed by atoms with Crippen LogP contribution in [0, 0.1) is 6.92 Å². The lowest BCUT2D eigenvalue weighted by atomic mass is 10.2. The molecule has 1 N–H and O–H groups in total. The lowest BCUT2D eigenvalue weighted by Gasteiger charge is -2.34. The molecule has 3 aromatic rings. The molecule has 0 spiro atoms. The molecule has 168 valence electrons. The van der Waals surface area contributed by atoms with Gasteiger partial charge in [-0.2, -0.15) is 0 Å². The Balaban J connectivity index is 1.50. The van der Waals surface area contributed by atoms with Crippen LogP contribution in [0.5, 0.6) is 5.75 Å². The quantitative estimate of drug-likeness (QED) is 0.318. The van der Waals surface area contributed by atoms with Crippen LogP contribution in [0.2, 0.25) is 0 Å². The summed E-state index contributed by atoms with van der Waals surface area (Å²) in [5.41, 5.74) is 0.803. The Morgan fingerprint density at radius 1 is 1.31 bits per heavy atom. The lowest BCUT2D eigenvalue weighted by Crippen LogP contribution is -2.44. The van der Waals surface area contributed by atoms with Crippen LogP contribution in [0.3, 0.4) is 0 Å². The van der Waals surface area contributed by atoms with Gasteiger partial charge in [-0.25, -0.2) is 9.97 Å².